The Labute approximate surface area is 173 Å². The topological polar surface area (TPSA) is 25.2 Å². The van der Waals surface area contributed by atoms with Gasteiger partial charge in [0.1, 0.15) is 4.38 Å². The number of aromatic nitrogens is 1. The normalized spacial score (nSPS) is 12.4. The monoisotopic (exact) mass is 400 g/mol. The second-order valence-electron chi connectivity index (χ2n) is 7.73. The van der Waals surface area contributed by atoms with Crippen molar-refractivity contribution in [1.82, 2.24) is 4.98 Å². The smallest absolute Gasteiger partial charge is 0.130 e. The van der Waals surface area contributed by atoms with Crippen LogP contribution in [0, 0.1) is 0 Å². The fourth-order valence-electron chi connectivity index (χ4n) is 2.57. The summed E-state index contributed by atoms with van der Waals surface area (Å²) in [6.07, 6.45) is 8.79. The van der Waals surface area contributed by atoms with Gasteiger partial charge >= 0.3 is 0 Å². The average Bonchev–Trinajstić information content (AvgIpc) is 2.66. The van der Waals surface area contributed by atoms with Gasteiger partial charge in [0.25, 0.3) is 0 Å². The maximum atomic E-state index is 4.83. The summed E-state index contributed by atoms with van der Waals surface area (Å²) in [4.78, 5) is 9.01. The zero-order chi connectivity index (χ0) is 19.5. The van der Waals surface area contributed by atoms with Gasteiger partial charge in [0.15, 0.2) is 0 Å². The third-order valence-electron chi connectivity index (χ3n) is 4.27. The standard InChI is InChI=1S/C23H32N2S2/c1-5-6-7-8-16-26-22(25-21-10-9-15-24-17-21)27-18-19-11-13-20(14-12-19)23(2,3)4/h9-15,17H,5-8,16,18H2,1-4H3. The zero-order valence-corrected chi connectivity index (χ0v) is 18.7. The summed E-state index contributed by atoms with van der Waals surface area (Å²) < 4.78 is 1.14. The Bertz CT molecular complexity index is 689. The highest BCUT2D eigenvalue weighted by atomic mass is 32.2. The Morgan fingerprint density at radius 3 is 2.41 bits per heavy atom. The molecular formula is C23H32N2S2. The molecule has 2 rings (SSSR count). The Hall–Kier alpha value is -1.26. The van der Waals surface area contributed by atoms with Gasteiger partial charge in [-0.3, -0.25) is 4.98 Å². The molecule has 1 heterocycles. The lowest BCUT2D eigenvalue weighted by molar-refractivity contribution is 0.590. The van der Waals surface area contributed by atoms with E-state index in [-0.39, 0.29) is 5.41 Å². The molecule has 0 fully saturated rings. The average molecular weight is 401 g/mol. The molecule has 1 aromatic carbocycles. The van der Waals surface area contributed by atoms with E-state index in [1.807, 2.05) is 41.9 Å². The maximum absolute atomic E-state index is 4.83. The number of aliphatic imine (C=N–C) groups is 1. The molecule has 2 aromatic rings. The molecule has 0 bridgehead atoms. The quantitative estimate of drug-likeness (QED) is 0.259. The highest BCUT2D eigenvalue weighted by Crippen LogP contribution is 2.28. The van der Waals surface area contributed by atoms with E-state index in [9.17, 15) is 0 Å². The van der Waals surface area contributed by atoms with E-state index in [1.54, 1.807) is 6.20 Å². The summed E-state index contributed by atoms with van der Waals surface area (Å²) in [7, 11) is 0. The number of benzene rings is 1. The molecule has 0 aliphatic rings. The molecule has 0 atom stereocenters. The Balaban J connectivity index is 1.97. The molecule has 0 unspecified atom stereocenters. The van der Waals surface area contributed by atoms with Crippen LogP contribution >= 0.6 is 23.5 Å². The van der Waals surface area contributed by atoms with E-state index >= 15 is 0 Å². The van der Waals surface area contributed by atoms with E-state index in [4.69, 9.17) is 4.99 Å². The van der Waals surface area contributed by atoms with Gasteiger partial charge in [-0.05, 0) is 35.1 Å². The fourth-order valence-corrected chi connectivity index (χ4v) is 4.67. The van der Waals surface area contributed by atoms with Gasteiger partial charge in [0.2, 0.25) is 0 Å². The Morgan fingerprint density at radius 2 is 1.78 bits per heavy atom. The number of unbranched alkanes of at least 4 members (excludes halogenated alkanes) is 3. The van der Waals surface area contributed by atoms with E-state index in [0.29, 0.717) is 0 Å². The van der Waals surface area contributed by atoms with Gasteiger partial charge in [-0.25, -0.2) is 4.99 Å². The van der Waals surface area contributed by atoms with E-state index in [2.05, 4.69) is 56.9 Å². The molecule has 1 aromatic heterocycles. The predicted octanol–water partition coefficient (Wildman–Crippen LogP) is 7.61. The van der Waals surface area contributed by atoms with Crippen molar-refractivity contribution in [1.29, 1.82) is 0 Å². The lowest BCUT2D eigenvalue weighted by Gasteiger charge is -2.19. The fraction of sp³-hybridized carbons (Fsp3) is 0.478. The molecule has 0 aliphatic carbocycles. The first-order chi connectivity index (χ1) is 13.0. The van der Waals surface area contributed by atoms with Crippen molar-refractivity contribution in [3.05, 3.63) is 59.9 Å². The van der Waals surface area contributed by atoms with Crippen LogP contribution in [0.25, 0.3) is 0 Å². The second-order valence-corrected chi connectivity index (χ2v) is 10.0. The molecule has 4 heteroatoms. The van der Waals surface area contributed by atoms with Gasteiger partial charge in [-0.15, -0.1) is 0 Å². The molecular weight excluding hydrogens is 368 g/mol. The van der Waals surface area contributed by atoms with Crippen molar-refractivity contribution in [3.8, 4) is 0 Å². The highest BCUT2D eigenvalue weighted by Gasteiger charge is 2.13. The molecule has 2 nitrogen and oxygen atoms in total. The van der Waals surface area contributed by atoms with E-state index in [1.165, 1.54) is 36.8 Å². The molecule has 0 amide bonds. The molecule has 0 N–H and O–H groups in total. The Morgan fingerprint density at radius 1 is 1.00 bits per heavy atom. The first-order valence-electron chi connectivity index (χ1n) is 9.83. The number of rotatable bonds is 8. The minimum Gasteiger partial charge on any atom is -0.262 e. The van der Waals surface area contributed by atoms with Crippen LogP contribution in [0.2, 0.25) is 0 Å². The summed E-state index contributed by atoms with van der Waals surface area (Å²) in [6, 6.07) is 13.0. The summed E-state index contributed by atoms with van der Waals surface area (Å²) in [5.74, 6) is 2.08. The van der Waals surface area contributed by atoms with Crippen molar-refractivity contribution in [2.45, 2.75) is 64.5 Å². The molecule has 0 saturated carbocycles. The van der Waals surface area contributed by atoms with Gasteiger partial charge < -0.3 is 0 Å². The number of hydrogen-bond donors (Lipinski definition) is 0. The SMILES string of the molecule is CCCCCCSC(=Nc1cccnc1)SCc1ccc(C(C)(C)C)cc1. The zero-order valence-electron chi connectivity index (χ0n) is 17.1. The van der Waals surface area contributed by atoms with Crippen LogP contribution in [-0.4, -0.2) is 15.1 Å². The number of thioether (sulfide) groups is 2. The lowest BCUT2D eigenvalue weighted by Crippen LogP contribution is -2.10. The van der Waals surface area contributed by atoms with Crippen molar-refractivity contribution >= 4 is 33.6 Å². The van der Waals surface area contributed by atoms with E-state index < -0.39 is 0 Å². The minimum absolute atomic E-state index is 0.201. The van der Waals surface area contributed by atoms with Gasteiger partial charge in [0, 0.05) is 17.7 Å². The van der Waals surface area contributed by atoms with E-state index in [0.717, 1.165) is 21.6 Å². The Kier molecular flexibility index (Phi) is 9.43. The van der Waals surface area contributed by atoms with Gasteiger partial charge in [-0.2, -0.15) is 0 Å². The van der Waals surface area contributed by atoms with Crippen molar-refractivity contribution in [2.75, 3.05) is 5.75 Å². The number of pyridine rings is 1. The summed E-state index contributed by atoms with van der Waals surface area (Å²) in [5, 5.41) is 0. The summed E-state index contributed by atoms with van der Waals surface area (Å²) in [5.41, 5.74) is 3.86. The predicted molar refractivity (Wildman–Crippen MR) is 124 cm³/mol. The highest BCUT2D eigenvalue weighted by molar-refractivity contribution is 8.38. The van der Waals surface area contributed by atoms with Crippen LogP contribution < -0.4 is 0 Å². The van der Waals surface area contributed by atoms with Crippen molar-refractivity contribution < 1.29 is 0 Å². The minimum atomic E-state index is 0.201. The van der Waals surface area contributed by atoms with Crippen molar-refractivity contribution in [2.24, 2.45) is 4.99 Å². The largest absolute Gasteiger partial charge is 0.262 e. The summed E-state index contributed by atoms with van der Waals surface area (Å²) >= 11 is 3.71. The third-order valence-corrected chi connectivity index (χ3v) is 6.63. The van der Waals surface area contributed by atoms with Gasteiger partial charge in [-0.1, -0.05) is 94.7 Å². The molecule has 0 radical (unpaired) electrons. The van der Waals surface area contributed by atoms with Crippen molar-refractivity contribution in [3.63, 3.8) is 0 Å². The van der Waals surface area contributed by atoms with Crippen LogP contribution in [0.5, 0.6) is 0 Å². The summed E-state index contributed by atoms with van der Waals surface area (Å²) in [6.45, 7) is 9.02. The molecule has 0 saturated heterocycles. The number of hydrogen-bond acceptors (Lipinski definition) is 4. The molecule has 0 aliphatic heterocycles. The first-order valence-corrected chi connectivity index (χ1v) is 11.8. The second kappa shape index (κ2) is 11.6. The van der Waals surface area contributed by atoms with Crippen LogP contribution in [-0.2, 0) is 11.2 Å². The van der Waals surface area contributed by atoms with Crippen LogP contribution in [0.4, 0.5) is 5.69 Å². The van der Waals surface area contributed by atoms with Crippen LogP contribution in [0.15, 0.2) is 53.8 Å². The van der Waals surface area contributed by atoms with Gasteiger partial charge in [0.05, 0.1) is 11.9 Å². The molecule has 27 heavy (non-hydrogen) atoms. The van der Waals surface area contributed by atoms with Crippen LogP contribution in [0.1, 0.15) is 64.5 Å². The molecule has 146 valence electrons. The van der Waals surface area contributed by atoms with Crippen LogP contribution in [0.3, 0.4) is 0 Å². The lowest BCUT2D eigenvalue weighted by atomic mass is 9.87. The number of nitrogens with zero attached hydrogens (tertiary/aromatic N) is 2. The first kappa shape index (κ1) is 22.0. The molecule has 0 spiro atoms. The third kappa shape index (κ3) is 8.52. The maximum Gasteiger partial charge on any atom is 0.130 e.